The number of carbonyl (C=O) groups excluding carboxylic acids is 1. The summed E-state index contributed by atoms with van der Waals surface area (Å²) in [5.74, 6) is 0.458. The van der Waals surface area contributed by atoms with Crippen LogP contribution in [0.4, 0.5) is 0 Å². The van der Waals surface area contributed by atoms with Crippen LogP contribution in [0, 0.1) is 5.92 Å². The van der Waals surface area contributed by atoms with Gasteiger partial charge in [0.25, 0.3) is 0 Å². The van der Waals surface area contributed by atoms with E-state index < -0.39 is 5.60 Å². The van der Waals surface area contributed by atoms with Gasteiger partial charge in [0.2, 0.25) is 0 Å². The van der Waals surface area contributed by atoms with Gasteiger partial charge in [0, 0.05) is 25.7 Å². The first-order valence-corrected chi connectivity index (χ1v) is 10.5. The van der Waals surface area contributed by atoms with Crippen LogP contribution in [0.25, 0.3) is 0 Å². The fourth-order valence-electron chi connectivity index (χ4n) is 4.24. The van der Waals surface area contributed by atoms with E-state index in [1.165, 1.54) is 36.0 Å². The molecule has 27 heavy (non-hydrogen) atoms. The van der Waals surface area contributed by atoms with Gasteiger partial charge in [-0.05, 0) is 69.1 Å². The molecule has 0 bridgehead atoms. The zero-order valence-electron chi connectivity index (χ0n) is 17.7. The third-order valence-corrected chi connectivity index (χ3v) is 5.75. The lowest BCUT2D eigenvalue weighted by atomic mass is 9.97. The number of hydrogen-bond donors (Lipinski definition) is 1. The van der Waals surface area contributed by atoms with Crippen LogP contribution < -0.4 is 5.32 Å². The monoisotopic (exact) mass is 372 g/mol. The normalized spacial score (nSPS) is 21.9. The summed E-state index contributed by atoms with van der Waals surface area (Å²) < 4.78 is 5.81. The standard InChI is InChI=1S/C23H36N2O2/c1-16(2)20-15-25(12-11-24-20)21(22(26)27-23(3,4)5)14-17-9-10-18-7-6-8-19(18)13-17/h9-10,13,16,20-21,24H,6-8,11-12,14-15H2,1-5H3/t20-,21+/m1/s1. The molecule has 2 atom stereocenters. The Balaban J connectivity index is 1.80. The molecule has 1 aliphatic heterocycles. The highest BCUT2D eigenvalue weighted by atomic mass is 16.6. The van der Waals surface area contributed by atoms with Crippen LogP contribution in [-0.4, -0.2) is 48.2 Å². The first-order valence-electron chi connectivity index (χ1n) is 10.5. The first kappa shape index (κ1) is 20.3. The SMILES string of the molecule is CC(C)[C@H]1CN([C@@H](Cc2ccc3c(c2)CCC3)C(=O)OC(C)(C)C)CCN1. The minimum Gasteiger partial charge on any atom is -0.459 e. The highest BCUT2D eigenvalue weighted by molar-refractivity contribution is 5.76. The summed E-state index contributed by atoms with van der Waals surface area (Å²) in [5, 5.41) is 3.59. The van der Waals surface area contributed by atoms with E-state index in [2.05, 4.69) is 42.3 Å². The summed E-state index contributed by atoms with van der Waals surface area (Å²) in [6.45, 7) is 13.0. The van der Waals surface area contributed by atoms with E-state index in [0.717, 1.165) is 26.1 Å². The predicted octanol–water partition coefficient (Wildman–Crippen LogP) is 3.36. The second-order valence-corrected chi connectivity index (χ2v) is 9.51. The molecule has 1 aliphatic carbocycles. The van der Waals surface area contributed by atoms with E-state index in [4.69, 9.17) is 4.74 Å². The van der Waals surface area contributed by atoms with Crippen LogP contribution in [0.5, 0.6) is 0 Å². The average Bonchev–Trinajstić information content (AvgIpc) is 3.06. The van der Waals surface area contributed by atoms with Crippen LogP contribution in [0.3, 0.4) is 0 Å². The van der Waals surface area contributed by atoms with Crippen molar-refractivity contribution in [3.8, 4) is 0 Å². The molecule has 1 fully saturated rings. The predicted molar refractivity (Wildman–Crippen MR) is 110 cm³/mol. The summed E-state index contributed by atoms with van der Waals surface area (Å²) >= 11 is 0. The third-order valence-electron chi connectivity index (χ3n) is 5.75. The Morgan fingerprint density at radius 3 is 2.70 bits per heavy atom. The molecule has 4 heteroatoms. The molecule has 1 aromatic carbocycles. The summed E-state index contributed by atoms with van der Waals surface area (Å²) in [4.78, 5) is 15.4. The van der Waals surface area contributed by atoms with Crippen molar-refractivity contribution in [2.45, 2.75) is 78.0 Å². The largest absolute Gasteiger partial charge is 0.459 e. The molecule has 1 N–H and O–H groups in total. The van der Waals surface area contributed by atoms with Crippen LogP contribution in [-0.2, 0) is 28.8 Å². The zero-order chi connectivity index (χ0) is 19.6. The molecule has 1 heterocycles. The van der Waals surface area contributed by atoms with Gasteiger partial charge in [-0.2, -0.15) is 0 Å². The van der Waals surface area contributed by atoms with Gasteiger partial charge in [0.15, 0.2) is 0 Å². The van der Waals surface area contributed by atoms with E-state index in [1.54, 1.807) is 0 Å². The quantitative estimate of drug-likeness (QED) is 0.805. The number of hydrogen-bond acceptors (Lipinski definition) is 4. The number of ether oxygens (including phenoxy) is 1. The van der Waals surface area contributed by atoms with Crippen LogP contribution in [0.2, 0.25) is 0 Å². The zero-order valence-corrected chi connectivity index (χ0v) is 17.7. The van der Waals surface area contributed by atoms with Crippen LogP contribution >= 0.6 is 0 Å². The van der Waals surface area contributed by atoms with E-state index >= 15 is 0 Å². The number of nitrogens with one attached hydrogen (secondary N) is 1. The Kier molecular flexibility index (Phi) is 6.27. The van der Waals surface area contributed by atoms with E-state index in [-0.39, 0.29) is 12.0 Å². The molecule has 2 aliphatic rings. The molecule has 0 amide bonds. The number of carbonyl (C=O) groups is 1. The number of esters is 1. The highest BCUT2D eigenvalue weighted by Gasteiger charge is 2.34. The van der Waals surface area contributed by atoms with Gasteiger partial charge < -0.3 is 10.1 Å². The summed E-state index contributed by atoms with van der Waals surface area (Å²) in [5.41, 5.74) is 3.75. The summed E-state index contributed by atoms with van der Waals surface area (Å²) in [6, 6.07) is 7.00. The van der Waals surface area contributed by atoms with Gasteiger partial charge in [0.1, 0.15) is 11.6 Å². The molecule has 0 saturated carbocycles. The van der Waals surface area contributed by atoms with Gasteiger partial charge in [-0.25, -0.2) is 0 Å². The van der Waals surface area contributed by atoms with Gasteiger partial charge >= 0.3 is 5.97 Å². The number of aryl methyl sites for hydroxylation is 2. The number of nitrogens with zero attached hydrogens (tertiary/aromatic N) is 1. The van der Waals surface area contributed by atoms with Crippen LogP contribution in [0.1, 0.15) is 57.7 Å². The topological polar surface area (TPSA) is 41.6 Å². The Bertz CT molecular complexity index is 663. The second kappa shape index (κ2) is 8.32. The summed E-state index contributed by atoms with van der Waals surface area (Å²) in [6.07, 6.45) is 4.34. The summed E-state index contributed by atoms with van der Waals surface area (Å²) in [7, 11) is 0. The van der Waals surface area contributed by atoms with Crippen molar-refractivity contribution in [2.24, 2.45) is 5.92 Å². The van der Waals surface area contributed by atoms with Gasteiger partial charge in [-0.3, -0.25) is 9.69 Å². The Morgan fingerprint density at radius 2 is 2.00 bits per heavy atom. The number of benzene rings is 1. The molecule has 3 rings (SSSR count). The minimum atomic E-state index is -0.460. The van der Waals surface area contributed by atoms with Crippen molar-refractivity contribution in [1.82, 2.24) is 10.2 Å². The number of rotatable bonds is 5. The molecule has 4 nitrogen and oxygen atoms in total. The maximum absolute atomic E-state index is 13.1. The van der Waals surface area contributed by atoms with Crippen LogP contribution in [0.15, 0.2) is 18.2 Å². The molecule has 150 valence electrons. The van der Waals surface area contributed by atoms with Crippen molar-refractivity contribution in [3.05, 3.63) is 34.9 Å². The molecule has 1 aromatic rings. The lowest BCUT2D eigenvalue weighted by Gasteiger charge is -2.40. The van der Waals surface area contributed by atoms with Gasteiger partial charge in [0.05, 0.1) is 0 Å². The van der Waals surface area contributed by atoms with Crippen molar-refractivity contribution in [1.29, 1.82) is 0 Å². The Labute approximate surface area is 164 Å². The molecule has 0 unspecified atom stereocenters. The van der Waals surface area contributed by atoms with Crippen molar-refractivity contribution in [2.75, 3.05) is 19.6 Å². The minimum absolute atomic E-state index is 0.0904. The molecular weight excluding hydrogens is 336 g/mol. The lowest BCUT2D eigenvalue weighted by Crippen LogP contribution is -2.58. The molecule has 0 aromatic heterocycles. The van der Waals surface area contributed by atoms with Crippen molar-refractivity contribution < 1.29 is 9.53 Å². The molecular formula is C23H36N2O2. The Morgan fingerprint density at radius 1 is 1.26 bits per heavy atom. The first-order chi connectivity index (χ1) is 12.7. The average molecular weight is 373 g/mol. The molecule has 0 radical (unpaired) electrons. The van der Waals surface area contributed by atoms with E-state index in [9.17, 15) is 4.79 Å². The highest BCUT2D eigenvalue weighted by Crippen LogP contribution is 2.25. The lowest BCUT2D eigenvalue weighted by molar-refractivity contribution is -0.162. The van der Waals surface area contributed by atoms with E-state index in [0.29, 0.717) is 12.0 Å². The van der Waals surface area contributed by atoms with E-state index in [1.807, 2.05) is 20.8 Å². The van der Waals surface area contributed by atoms with Crippen molar-refractivity contribution in [3.63, 3.8) is 0 Å². The molecule has 0 spiro atoms. The smallest absolute Gasteiger partial charge is 0.324 e. The van der Waals surface area contributed by atoms with Gasteiger partial charge in [-0.1, -0.05) is 32.0 Å². The maximum atomic E-state index is 13.1. The maximum Gasteiger partial charge on any atom is 0.324 e. The Hall–Kier alpha value is -1.39. The number of fused-ring (bicyclic) bond motifs is 1. The fourth-order valence-corrected chi connectivity index (χ4v) is 4.24. The fraction of sp³-hybridized carbons (Fsp3) is 0.696. The molecule has 1 saturated heterocycles. The van der Waals surface area contributed by atoms with Gasteiger partial charge in [-0.15, -0.1) is 0 Å². The number of piperazine rings is 1. The third kappa shape index (κ3) is 5.32. The second-order valence-electron chi connectivity index (χ2n) is 9.51. The van der Waals surface area contributed by atoms with Crippen molar-refractivity contribution >= 4 is 5.97 Å².